The number of hydrogen-bond acceptors (Lipinski definition) is 3. The Morgan fingerprint density at radius 2 is 1.61 bits per heavy atom. The zero-order valence-corrected chi connectivity index (χ0v) is 26.7. The summed E-state index contributed by atoms with van der Waals surface area (Å²) in [7, 11) is 3.16. The van der Waals surface area contributed by atoms with E-state index in [4.69, 9.17) is 4.74 Å². The molecule has 36 heavy (non-hydrogen) atoms. The molecule has 1 aromatic rings. The number of methoxy groups -OCH3 is 1. The lowest BCUT2D eigenvalue weighted by Gasteiger charge is -2.15. The number of carbonyl (C=O) groups is 1. The Hall–Kier alpha value is -2.20. The van der Waals surface area contributed by atoms with E-state index in [1.165, 1.54) is 23.8 Å². The average Bonchev–Trinajstić information content (AvgIpc) is 2.89. The van der Waals surface area contributed by atoms with Crippen LogP contribution in [0.4, 0.5) is 0 Å². The molecule has 0 spiro atoms. The van der Waals surface area contributed by atoms with Crippen LogP contribution in [0.15, 0.2) is 57.6 Å². The fourth-order valence-electron chi connectivity index (χ4n) is 3.27. The molecule has 0 N–H and O–H groups in total. The molecule has 0 saturated heterocycles. The van der Waals surface area contributed by atoms with Crippen molar-refractivity contribution in [1.29, 1.82) is 0 Å². The number of aryl methyl sites for hydroxylation is 2. The first-order chi connectivity index (χ1) is 17.2. The van der Waals surface area contributed by atoms with E-state index < -0.39 is 0 Å². The zero-order valence-electron chi connectivity index (χ0n) is 25.1. The van der Waals surface area contributed by atoms with Gasteiger partial charge >= 0.3 is 5.97 Å². The van der Waals surface area contributed by atoms with E-state index in [0.29, 0.717) is 5.56 Å². The molecule has 0 aliphatic heterocycles. The van der Waals surface area contributed by atoms with Crippen molar-refractivity contribution in [1.82, 2.24) is 0 Å². The number of carbonyl (C=O) groups excluding carboxylic acids is 1. The standard InChI is InChI=1S/C17H24O2.C11H16BrN.2C2H6/c1-6-8-14(9-7-2)16-12(3)10-15(11-13(16)4)17(18)19-5;1-5-9(2)8-10(3)11(12)6-7-13-4;2*1-2/h8,10-11H,6-7,9H2,1-5H3;6-8H,3,5H2,1-2,4H3;2*1-2H3/b14-8+;9-8+,11-6+,13-7?;;. The van der Waals surface area contributed by atoms with E-state index in [-0.39, 0.29) is 5.97 Å². The molecule has 0 radical (unpaired) electrons. The van der Waals surface area contributed by atoms with Crippen molar-refractivity contribution >= 4 is 33.7 Å². The van der Waals surface area contributed by atoms with Gasteiger partial charge in [-0.15, -0.1) is 0 Å². The molecule has 1 aromatic carbocycles. The topological polar surface area (TPSA) is 38.7 Å². The van der Waals surface area contributed by atoms with Crippen LogP contribution in [-0.4, -0.2) is 26.3 Å². The van der Waals surface area contributed by atoms with Crippen molar-refractivity contribution in [3.8, 4) is 0 Å². The summed E-state index contributed by atoms with van der Waals surface area (Å²) in [6, 6.07) is 3.85. The second-order valence-corrected chi connectivity index (χ2v) is 8.51. The molecule has 0 heterocycles. The third-order valence-electron chi connectivity index (χ3n) is 4.90. The molecular weight excluding hydrogens is 510 g/mol. The maximum Gasteiger partial charge on any atom is 0.337 e. The highest BCUT2D eigenvalue weighted by Crippen LogP contribution is 2.28. The van der Waals surface area contributed by atoms with Crippen LogP contribution in [0.3, 0.4) is 0 Å². The van der Waals surface area contributed by atoms with Gasteiger partial charge in [-0.05, 0) is 86.1 Å². The van der Waals surface area contributed by atoms with Crippen molar-refractivity contribution in [3.05, 3.63) is 74.8 Å². The Bertz CT molecular complexity index is 866. The maximum atomic E-state index is 11.6. The second-order valence-electron chi connectivity index (χ2n) is 7.66. The van der Waals surface area contributed by atoms with E-state index in [2.05, 4.69) is 81.2 Å². The minimum atomic E-state index is -0.269. The molecule has 204 valence electrons. The monoisotopic (exact) mass is 561 g/mol. The average molecular weight is 563 g/mol. The molecular formula is C32H52BrNO2. The van der Waals surface area contributed by atoms with Crippen molar-refractivity contribution in [2.75, 3.05) is 14.2 Å². The van der Waals surface area contributed by atoms with Crippen molar-refractivity contribution in [2.45, 2.75) is 94.9 Å². The van der Waals surface area contributed by atoms with Gasteiger partial charge in [-0.25, -0.2) is 4.79 Å². The predicted molar refractivity (Wildman–Crippen MR) is 168 cm³/mol. The molecule has 4 heteroatoms. The summed E-state index contributed by atoms with van der Waals surface area (Å²) in [4.78, 5) is 15.5. The van der Waals surface area contributed by atoms with Gasteiger partial charge < -0.3 is 4.74 Å². The van der Waals surface area contributed by atoms with Gasteiger partial charge in [0.2, 0.25) is 0 Å². The summed E-state index contributed by atoms with van der Waals surface area (Å²) < 4.78 is 5.77. The third kappa shape index (κ3) is 15.7. The number of ether oxygens (including phenoxy) is 1. The van der Waals surface area contributed by atoms with Gasteiger partial charge in [0.15, 0.2) is 0 Å². The summed E-state index contributed by atoms with van der Waals surface area (Å²) in [5, 5.41) is 0. The van der Waals surface area contributed by atoms with Crippen LogP contribution >= 0.6 is 15.9 Å². The van der Waals surface area contributed by atoms with Gasteiger partial charge in [-0.3, -0.25) is 4.99 Å². The van der Waals surface area contributed by atoms with E-state index in [1.807, 2.05) is 45.9 Å². The first-order valence-electron chi connectivity index (χ1n) is 13.2. The molecule has 0 unspecified atom stereocenters. The number of halogens is 1. The molecule has 0 bridgehead atoms. The Morgan fingerprint density at radius 3 is 2.00 bits per heavy atom. The lowest BCUT2D eigenvalue weighted by molar-refractivity contribution is 0.0600. The first-order valence-corrected chi connectivity index (χ1v) is 14.0. The summed E-state index contributed by atoms with van der Waals surface area (Å²) in [6.07, 6.45) is 12.3. The van der Waals surface area contributed by atoms with Gasteiger partial charge in [0.1, 0.15) is 0 Å². The summed E-state index contributed by atoms with van der Waals surface area (Å²) in [5.41, 5.74) is 7.91. The van der Waals surface area contributed by atoms with E-state index in [1.54, 1.807) is 13.3 Å². The highest BCUT2D eigenvalue weighted by atomic mass is 79.9. The lowest BCUT2D eigenvalue weighted by atomic mass is 9.90. The molecule has 0 saturated carbocycles. The Balaban J connectivity index is -0.000000560. The highest BCUT2D eigenvalue weighted by molar-refractivity contribution is 9.12. The summed E-state index contributed by atoms with van der Waals surface area (Å²) in [5.74, 6) is -0.269. The molecule has 0 amide bonds. The highest BCUT2D eigenvalue weighted by Gasteiger charge is 2.13. The quantitative estimate of drug-likeness (QED) is 0.171. The van der Waals surface area contributed by atoms with Crippen LogP contribution in [0.2, 0.25) is 0 Å². The molecule has 0 aliphatic rings. The van der Waals surface area contributed by atoms with E-state index in [0.717, 1.165) is 46.9 Å². The number of allylic oxidation sites excluding steroid dienone is 7. The van der Waals surface area contributed by atoms with Gasteiger partial charge in [-0.1, -0.05) is 95.1 Å². The minimum absolute atomic E-state index is 0.269. The van der Waals surface area contributed by atoms with Crippen LogP contribution in [-0.2, 0) is 4.74 Å². The SMILES string of the molecule is C=C(/C=C(\C)CC)/C(Br)=C\C=NC.CC.CC.CC/C=C(\CCC)c1c(C)cc(C(=O)OC)cc1C. The van der Waals surface area contributed by atoms with Crippen LogP contribution in [0.1, 0.15) is 108 Å². The van der Waals surface area contributed by atoms with Gasteiger partial charge in [0.05, 0.1) is 12.7 Å². The smallest absolute Gasteiger partial charge is 0.337 e. The lowest BCUT2D eigenvalue weighted by Crippen LogP contribution is -2.04. The van der Waals surface area contributed by atoms with Gasteiger partial charge in [0.25, 0.3) is 0 Å². The summed E-state index contributed by atoms with van der Waals surface area (Å²) >= 11 is 3.43. The Kier molecular flexibility index (Phi) is 26.1. The van der Waals surface area contributed by atoms with Crippen LogP contribution < -0.4 is 0 Å². The van der Waals surface area contributed by atoms with E-state index in [9.17, 15) is 4.79 Å². The number of rotatable bonds is 9. The van der Waals surface area contributed by atoms with Crippen LogP contribution in [0.25, 0.3) is 5.57 Å². The fourth-order valence-corrected chi connectivity index (χ4v) is 3.50. The van der Waals surface area contributed by atoms with Gasteiger partial charge in [0, 0.05) is 17.7 Å². The number of esters is 1. The zero-order chi connectivity index (χ0) is 28.7. The minimum Gasteiger partial charge on any atom is -0.465 e. The molecule has 0 atom stereocenters. The van der Waals surface area contributed by atoms with E-state index >= 15 is 0 Å². The summed E-state index contributed by atoms with van der Waals surface area (Å²) in [6.45, 7) is 24.6. The number of benzene rings is 1. The first kappa shape index (κ1) is 38.3. The molecule has 0 aliphatic carbocycles. The largest absolute Gasteiger partial charge is 0.465 e. The number of aliphatic imine (C=N–C) groups is 1. The fraction of sp³-hybridized carbons (Fsp3) is 0.500. The third-order valence-corrected chi connectivity index (χ3v) is 5.67. The Labute approximate surface area is 231 Å². The maximum absolute atomic E-state index is 11.6. The van der Waals surface area contributed by atoms with Crippen LogP contribution in [0, 0.1) is 13.8 Å². The van der Waals surface area contributed by atoms with Crippen molar-refractivity contribution < 1.29 is 9.53 Å². The number of hydrogen-bond donors (Lipinski definition) is 0. The molecule has 3 nitrogen and oxygen atoms in total. The Morgan fingerprint density at radius 1 is 1.08 bits per heavy atom. The molecule has 0 fully saturated rings. The molecule has 0 aromatic heterocycles. The van der Waals surface area contributed by atoms with Gasteiger partial charge in [-0.2, -0.15) is 0 Å². The normalized spacial score (nSPS) is 11.4. The number of nitrogens with zero attached hydrogens (tertiary/aromatic N) is 1. The predicted octanol–water partition coefficient (Wildman–Crippen LogP) is 10.6. The van der Waals surface area contributed by atoms with Crippen molar-refractivity contribution in [3.63, 3.8) is 0 Å². The van der Waals surface area contributed by atoms with Crippen molar-refractivity contribution in [2.24, 2.45) is 4.99 Å². The second kappa shape index (κ2) is 24.5. The van der Waals surface area contributed by atoms with Crippen LogP contribution in [0.5, 0.6) is 0 Å². The molecule has 1 rings (SSSR count).